The average Bonchev–Trinajstić information content (AvgIpc) is 2.42. The van der Waals surface area contributed by atoms with Gasteiger partial charge in [0.1, 0.15) is 0 Å². The molecule has 0 bridgehead atoms. The summed E-state index contributed by atoms with van der Waals surface area (Å²) in [5.74, 6) is 0. The fourth-order valence-electron chi connectivity index (χ4n) is 1.67. The molecule has 0 aliphatic rings. The van der Waals surface area contributed by atoms with E-state index in [4.69, 9.17) is 5.26 Å². The van der Waals surface area contributed by atoms with Crippen molar-refractivity contribution >= 4 is 15.7 Å². The second kappa shape index (κ2) is 5.72. The number of nitriles is 1. The monoisotopic (exact) mass is 287 g/mol. The van der Waals surface area contributed by atoms with Crippen molar-refractivity contribution in [3.05, 3.63) is 53.9 Å². The van der Waals surface area contributed by atoms with Gasteiger partial charge in [-0.15, -0.1) is 0 Å². The molecule has 5 nitrogen and oxygen atoms in total. The second-order valence-electron chi connectivity index (χ2n) is 4.22. The number of anilines is 1. The second-order valence-corrected chi connectivity index (χ2v) is 5.90. The summed E-state index contributed by atoms with van der Waals surface area (Å²) in [6.07, 6.45) is 1.86. The molecule has 1 aromatic carbocycles. The first-order valence-electron chi connectivity index (χ1n) is 5.93. The van der Waals surface area contributed by atoms with Gasteiger partial charge in [0.15, 0.2) is 0 Å². The lowest BCUT2D eigenvalue weighted by Crippen LogP contribution is -2.14. The number of hydrogen-bond donors (Lipinski definition) is 1. The minimum atomic E-state index is -3.64. The molecule has 0 radical (unpaired) electrons. The predicted octanol–water partition coefficient (Wildman–Crippen LogP) is 2.26. The molecule has 0 saturated carbocycles. The van der Waals surface area contributed by atoms with E-state index in [0.717, 1.165) is 5.56 Å². The third-order valence-corrected chi connectivity index (χ3v) is 4.15. The number of aryl methyl sites for hydroxylation is 1. The van der Waals surface area contributed by atoms with Crippen LogP contribution in [0.15, 0.2) is 47.5 Å². The smallest absolute Gasteiger partial charge is 0.261 e. The maximum Gasteiger partial charge on any atom is 0.261 e. The van der Waals surface area contributed by atoms with Crippen LogP contribution in [0.1, 0.15) is 11.3 Å². The minimum absolute atomic E-state index is 0.155. The summed E-state index contributed by atoms with van der Waals surface area (Å²) in [5, 5.41) is 8.59. The van der Waals surface area contributed by atoms with E-state index >= 15 is 0 Å². The van der Waals surface area contributed by atoms with Crippen molar-refractivity contribution in [1.29, 1.82) is 5.26 Å². The van der Waals surface area contributed by atoms with Gasteiger partial charge in [0.2, 0.25) is 0 Å². The van der Waals surface area contributed by atoms with Crippen LogP contribution >= 0.6 is 0 Å². The van der Waals surface area contributed by atoms with Gasteiger partial charge in [-0.1, -0.05) is 12.1 Å². The van der Waals surface area contributed by atoms with Gasteiger partial charge in [-0.2, -0.15) is 5.26 Å². The van der Waals surface area contributed by atoms with Crippen LogP contribution in [-0.4, -0.2) is 13.4 Å². The molecule has 1 N–H and O–H groups in total. The normalized spacial score (nSPS) is 10.8. The first kappa shape index (κ1) is 14.0. The molecule has 6 heteroatoms. The highest BCUT2D eigenvalue weighted by atomic mass is 32.2. The molecule has 2 rings (SSSR count). The summed E-state index contributed by atoms with van der Waals surface area (Å²) in [7, 11) is -3.64. The van der Waals surface area contributed by atoms with E-state index in [-0.39, 0.29) is 11.3 Å². The molecular weight excluding hydrogens is 274 g/mol. The lowest BCUT2D eigenvalue weighted by atomic mass is 10.2. The fraction of sp³-hybridized carbons (Fsp3) is 0.143. The van der Waals surface area contributed by atoms with E-state index in [2.05, 4.69) is 9.71 Å². The van der Waals surface area contributed by atoms with Crippen LogP contribution in [0.2, 0.25) is 0 Å². The summed E-state index contributed by atoms with van der Waals surface area (Å²) < 4.78 is 26.9. The third kappa shape index (κ3) is 3.13. The maximum absolute atomic E-state index is 12.2. The first-order chi connectivity index (χ1) is 9.53. The van der Waals surface area contributed by atoms with Crippen molar-refractivity contribution in [3.63, 3.8) is 0 Å². The van der Waals surface area contributed by atoms with Gasteiger partial charge >= 0.3 is 0 Å². The summed E-state index contributed by atoms with van der Waals surface area (Å²) in [4.78, 5) is 4.19. The van der Waals surface area contributed by atoms with E-state index in [1.165, 1.54) is 12.1 Å². The molecule has 0 unspecified atom stereocenters. The Balaban J connectivity index is 2.27. The number of rotatable bonds is 4. The summed E-state index contributed by atoms with van der Waals surface area (Å²) in [5.41, 5.74) is 1.84. The Hall–Kier alpha value is -2.39. The predicted molar refractivity (Wildman–Crippen MR) is 75.5 cm³/mol. The summed E-state index contributed by atoms with van der Waals surface area (Å²) in [6, 6.07) is 11.6. The maximum atomic E-state index is 12.2. The molecule has 2 aromatic rings. The third-order valence-electron chi connectivity index (χ3n) is 2.77. The van der Waals surface area contributed by atoms with Gasteiger partial charge in [-0.05, 0) is 36.8 Å². The zero-order valence-electron chi connectivity index (χ0n) is 10.9. The highest BCUT2D eigenvalue weighted by Gasteiger charge is 2.15. The van der Waals surface area contributed by atoms with Crippen LogP contribution in [0.4, 0.5) is 5.69 Å². The Bertz CT molecular complexity index is 747. The molecule has 0 atom stereocenters. The van der Waals surface area contributed by atoms with Crippen molar-refractivity contribution in [1.82, 2.24) is 4.98 Å². The van der Waals surface area contributed by atoms with Gasteiger partial charge in [0.25, 0.3) is 10.0 Å². The number of hydrogen-bond acceptors (Lipinski definition) is 4. The Labute approximate surface area is 118 Å². The molecule has 0 fully saturated rings. The van der Waals surface area contributed by atoms with Crippen molar-refractivity contribution in [2.45, 2.75) is 18.2 Å². The minimum Gasteiger partial charge on any atom is -0.278 e. The SMILES string of the molecule is Cc1ncccc1NS(=O)(=O)c1ccc(CC#N)cc1. The highest BCUT2D eigenvalue weighted by molar-refractivity contribution is 7.92. The van der Waals surface area contributed by atoms with Crippen molar-refractivity contribution in [2.75, 3.05) is 4.72 Å². The molecule has 0 amide bonds. The number of pyridine rings is 1. The van der Waals surface area contributed by atoms with Crippen molar-refractivity contribution in [2.24, 2.45) is 0 Å². The van der Waals surface area contributed by atoms with Gasteiger partial charge in [-0.3, -0.25) is 9.71 Å². The Morgan fingerprint density at radius 3 is 2.55 bits per heavy atom. The van der Waals surface area contributed by atoms with Crippen LogP contribution in [0, 0.1) is 18.3 Å². The van der Waals surface area contributed by atoms with Crippen LogP contribution < -0.4 is 4.72 Å². The standard InChI is InChI=1S/C14H13N3O2S/c1-11-14(3-2-10-16-11)17-20(18,19)13-6-4-12(5-7-13)8-9-15/h2-7,10,17H,8H2,1H3. The lowest BCUT2D eigenvalue weighted by molar-refractivity contribution is 0.601. The molecule has 20 heavy (non-hydrogen) atoms. The number of sulfonamides is 1. The molecular formula is C14H13N3O2S. The first-order valence-corrected chi connectivity index (χ1v) is 7.41. The van der Waals surface area contributed by atoms with Gasteiger partial charge < -0.3 is 0 Å². The largest absolute Gasteiger partial charge is 0.278 e. The Morgan fingerprint density at radius 2 is 1.95 bits per heavy atom. The Kier molecular flexibility index (Phi) is 4.01. The molecule has 1 heterocycles. The molecule has 1 aromatic heterocycles. The van der Waals surface area contributed by atoms with Crippen molar-refractivity contribution < 1.29 is 8.42 Å². The Morgan fingerprint density at radius 1 is 1.25 bits per heavy atom. The number of aromatic nitrogens is 1. The topological polar surface area (TPSA) is 82.8 Å². The van der Waals surface area contributed by atoms with Gasteiger partial charge in [0.05, 0.1) is 28.8 Å². The highest BCUT2D eigenvalue weighted by Crippen LogP contribution is 2.18. The van der Waals surface area contributed by atoms with E-state index in [9.17, 15) is 8.42 Å². The molecule has 102 valence electrons. The average molecular weight is 287 g/mol. The van der Waals surface area contributed by atoms with E-state index in [0.29, 0.717) is 11.4 Å². The molecule has 0 aliphatic carbocycles. The zero-order valence-corrected chi connectivity index (χ0v) is 11.7. The van der Waals surface area contributed by atoms with Crippen LogP contribution in [0.5, 0.6) is 0 Å². The molecule has 0 spiro atoms. The number of nitrogens with one attached hydrogen (secondary N) is 1. The summed E-state index contributed by atoms with van der Waals surface area (Å²) >= 11 is 0. The summed E-state index contributed by atoms with van der Waals surface area (Å²) in [6.45, 7) is 1.73. The van der Waals surface area contributed by atoms with Crippen LogP contribution in [-0.2, 0) is 16.4 Å². The van der Waals surface area contributed by atoms with Crippen LogP contribution in [0.3, 0.4) is 0 Å². The molecule has 0 aliphatic heterocycles. The zero-order chi connectivity index (χ0) is 14.6. The van der Waals surface area contributed by atoms with E-state index < -0.39 is 10.0 Å². The number of benzene rings is 1. The quantitative estimate of drug-likeness (QED) is 0.935. The van der Waals surface area contributed by atoms with E-state index in [1.807, 2.05) is 6.07 Å². The van der Waals surface area contributed by atoms with Crippen molar-refractivity contribution in [3.8, 4) is 6.07 Å². The van der Waals surface area contributed by atoms with Gasteiger partial charge in [0, 0.05) is 6.20 Å². The van der Waals surface area contributed by atoms with E-state index in [1.54, 1.807) is 37.4 Å². The van der Waals surface area contributed by atoms with Crippen LogP contribution in [0.25, 0.3) is 0 Å². The number of nitrogens with zero attached hydrogens (tertiary/aromatic N) is 2. The lowest BCUT2D eigenvalue weighted by Gasteiger charge is -2.09. The molecule has 0 saturated heterocycles. The fourth-order valence-corrected chi connectivity index (χ4v) is 2.79. The van der Waals surface area contributed by atoms with Gasteiger partial charge in [-0.25, -0.2) is 8.42 Å².